The number of ketones is 1. The van der Waals surface area contributed by atoms with E-state index < -0.39 is 0 Å². The molecule has 172 valence electrons. The van der Waals surface area contributed by atoms with Gasteiger partial charge in [-0.1, -0.05) is 30.3 Å². The SMILES string of the molecule is COc1cc(OC)cc(N2C(=O)CC(c3ccncc3)C3=C2CC(c2ccccc2)CC3=O)c1. The number of pyridine rings is 1. The van der Waals surface area contributed by atoms with Crippen molar-refractivity contribution in [1.82, 2.24) is 4.98 Å². The van der Waals surface area contributed by atoms with Gasteiger partial charge in [0, 0.05) is 60.6 Å². The van der Waals surface area contributed by atoms with Crippen molar-refractivity contribution in [3.05, 3.63) is 95.5 Å². The van der Waals surface area contributed by atoms with Crippen LogP contribution in [-0.2, 0) is 9.59 Å². The second-order valence-electron chi connectivity index (χ2n) is 8.64. The summed E-state index contributed by atoms with van der Waals surface area (Å²) < 4.78 is 10.9. The van der Waals surface area contributed by atoms with Gasteiger partial charge in [-0.25, -0.2) is 0 Å². The molecule has 2 aliphatic rings. The smallest absolute Gasteiger partial charge is 0.232 e. The Labute approximate surface area is 198 Å². The standard InChI is InChI=1S/C28H26N2O4/c1-33-22-14-21(15-23(16-22)34-2)30-25-12-20(18-6-4-3-5-7-18)13-26(31)28(25)24(17-27(30)32)19-8-10-29-11-9-19/h3-11,14-16,20,24H,12-13,17H2,1-2H3. The number of hydrogen-bond acceptors (Lipinski definition) is 5. The van der Waals surface area contributed by atoms with E-state index in [9.17, 15) is 9.59 Å². The summed E-state index contributed by atoms with van der Waals surface area (Å²) >= 11 is 0. The van der Waals surface area contributed by atoms with Crippen LogP contribution >= 0.6 is 0 Å². The van der Waals surface area contributed by atoms with E-state index in [0.29, 0.717) is 30.0 Å². The number of anilines is 1. The lowest BCUT2D eigenvalue weighted by Crippen LogP contribution is -2.41. The number of methoxy groups -OCH3 is 2. The normalized spacial score (nSPS) is 20.2. The molecule has 5 rings (SSSR count). The molecule has 2 atom stereocenters. The topological polar surface area (TPSA) is 68.7 Å². The van der Waals surface area contributed by atoms with Gasteiger partial charge in [-0.3, -0.25) is 19.5 Å². The second-order valence-corrected chi connectivity index (χ2v) is 8.64. The Hall–Kier alpha value is -3.93. The van der Waals surface area contributed by atoms with Gasteiger partial charge in [-0.05, 0) is 35.6 Å². The maximum atomic E-state index is 13.7. The van der Waals surface area contributed by atoms with Crippen LogP contribution in [0.3, 0.4) is 0 Å². The number of carbonyl (C=O) groups excluding carboxylic acids is 2. The molecule has 0 radical (unpaired) electrons. The van der Waals surface area contributed by atoms with Gasteiger partial charge >= 0.3 is 0 Å². The molecule has 0 saturated carbocycles. The van der Waals surface area contributed by atoms with Crippen LogP contribution < -0.4 is 14.4 Å². The van der Waals surface area contributed by atoms with Crippen molar-refractivity contribution < 1.29 is 19.1 Å². The van der Waals surface area contributed by atoms with E-state index in [4.69, 9.17) is 9.47 Å². The second kappa shape index (κ2) is 9.14. The molecule has 3 aromatic rings. The third-order valence-electron chi connectivity index (χ3n) is 6.70. The number of hydrogen-bond donors (Lipinski definition) is 0. The molecule has 2 unspecified atom stereocenters. The zero-order valence-corrected chi connectivity index (χ0v) is 19.2. The highest BCUT2D eigenvalue weighted by Crippen LogP contribution is 2.47. The highest BCUT2D eigenvalue weighted by atomic mass is 16.5. The molecule has 0 N–H and O–H groups in total. The van der Waals surface area contributed by atoms with E-state index >= 15 is 0 Å². The van der Waals surface area contributed by atoms with Gasteiger partial charge in [0.15, 0.2) is 5.78 Å². The number of benzene rings is 2. The zero-order valence-electron chi connectivity index (χ0n) is 19.2. The van der Waals surface area contributed by atoms with Gasteiger partial charge in [-0.2, -0.15) is 0 Å². The molecule has 0 fully saturated rings. The molecule has 2 heterocycles. The van der Waals surface area contributed by atoms with Crippen molar-refractivity contribution in [3.8, 4) is 11.5 Å². The van der Waals surface area contributed by atoms with E-state index in [2.05, 4.69) is 4.98 Å². The third kappa shape index (κ3) is 3.96. The molecular formula is C28H26N2O4. The van der Waals surface area contributed by atoms with Crippen molar-refractivity contribution in [1.29, 1.82) is 0 Å². The van der Waals surface area contributed by atoms with Crippen LogP contribution in [0.2, 0.25) is 0 Å². The first-order chi connectivity index (χ1) is 16.6. The zero-order chi connectivity index (χ0) is 23.7. The van der Waals surface area contributed by atoms with Gasteiger partial charge in [0.25, 0.3) is 0 Å². The number of aromatic nitrogens is 1. The van der Waals surface area contributed by atoms with Crippen molar-refractivity contribution in [2.75, 3.05) is 19.1 Å². The first-order valence-electron chi connectivity index (χ1n) is 11.4. The van der Waals surface area contributed by atoms with Crippen molar-refractivity contribution in [3.63, 3.8) is 0 Å². The highest BCUT2D eigenvalue weighted by Gasteiger charge is 2.42. The van der Waals surface area contributed by atoms with E-state index in [0.717, 1.165) is 22.4 Å². The Morgan fingerprint density at radius 3 is 2.15 bits per heavy atom. The van der Waals surface area contributed by atoms with Crippen LogP contribution in [-0.4, -0.2) is 30.9 Å². The number of allylic oxidation sites excluding steroid dienone is 2. The lowest BCUT2D eigenvalue weighted by atomic mass is 9.73. The number of amides is 1. The van der Waals surface area contributed by atoms with E-state index in [1.54, 1.807) is 37.6 Å². The summed E-state index contributed by atoms with van der Waals surface area (Å²) in [6.07, 6.45) is 4.65. The summed E-state index contributed by atoms with van der Waals surface area (Å²) in [7, 11) is 3.16. The number of rotatable bonds is 5. The van der Waals surface area contributed by atoms with Crippen LogP contribution in [0.1, 0.15) is 42.2 Å². The summed E-state index contributed by atoms with van der Waals surface area (Å²) in [5.41, 5.74) is 4.16. The summed E-state index contributed by atoms with van der Waals surface area (Å²) in [6, 6.07) is 19.2. The summed E-state index contributed by atoms with van der Waals surface area (Å²) in [5.74, 6) is 0.927. The fourth-order valence-electron chi connectivity index (χ4n) is 5.10. The lowest BCUT2D eigenvalue weighted by molar-refractivity contribution is -0.120. The van der Waals surface area contributed by atoms with E-state index in [1.807, 2.05) is 54.6 Å². The van der Waals surface area contributed by atoms with Gasteiger partial charge in [0.1, 0.15) is 11.5 Å². The monoisotopic (exact) mass is 454 g/mol. The Bertz CT molecular complexity index is 1230. The van der Waals surface area contributed by atoms with Crippen molar-refractivity contribution >= 4 is 17.4 Å². The molecule has 0 bridgehead atoms. The third-order valence-corrected chi connectivity index (χ3v) is 6.70. The Kier molecular flexibility index (Phi) is 5.88. The van der Waals surface area contributed by atoms with E-state index in [-0.39, 0.29) is 29.9 Å². The largest absolute Gasteiger partial charge is 0.497 e. The predicted molar refractivity (Wildman–Crippen MR) is 129 cm³/mol. The van der Waals surface area contributed by atoms with Gasteiger partial charge in [0.05, 0.1) is 19.9 Å². The number of ether oxygens (including phenoxy) is 2. The van der Waals surface area contributed by atoms with Crippen molar-refractivity contribution in [2.24, 2.45) is 0 Å². The minimum atomic E-state index is -0.279. The average molecular weight is 455 g/mol. The maximum Gasteiger partial charge on any atom is 0.232 e. The van der Waals surface area contributed by atoms with Gasteiger partial charge in [0.2, 0.25) is 5.91 Å². The maximum absolute atomic E-state index is 13.7. The highest BCUT2D eigenvalue weighted by molar-refractivity contribution is 6.08. The molecular weight excluding hydrogens is 428 g/mol. The molecule has 34 heavy (non-hydrogen) atoms. The van der Waals surface area contributed by atoms with Gasteiger partial charge < -0.3 is 9.47 Å². The summed E-state index contributed by atoms with van der Waals surface area (Å²) in [4.78, 5) is 33.1. The molecule has 1 amide bonds. The van der Waals surface area contributed by atoms with Crippen LogP contribution in [0, 0.1) is 0 Å². The summed E-state index contributed by atoms with van der Waals surface area (Å²) in [6.45, 7) is 0. The fourth-order valence-corrected chi connectivity index (χ4v) is 5.10. The molecule has 1 aliphatic heterocycles. The molecule has 1 aliphatic carbocycles. The molecule has 6 nitrogen and oxygen atoms in total. The van der Waals surface area contributed by atoms with Crippen LogP contribution in [0.25, 0.3) is 0 Å². The van der Waals surface area contributed by atoms with Crippen LogP contribution in [0.4, 0.5) is 5.69 Å². The van der Waals surface area contributed by atoms with Crippen molar-refractivity contribution in [2.45, 2.75) is 31.1 Å². The molecule has 0 spiro atoms. The van der Waals surface area contributed by atoms with Crippen LogP contribution in [0.15, 0.2) is 84.3 Å². The molecule has 2 aromatic carbocycles. The quantitative estimate of drug-likeness (QED) is 0.542. The van der Waals surface area contributed by atoms with Crippen LogP contribution in [0.5, 0.6) is 11.5 Å². The number of nitrogens with zero attached hydrogens (tertiary/aromatic N) is 2. The Morgan fingerprint density at radius 1 is 0.824 bits per heavy atom. The molecule has 0 saturated heterocycles. The minimum Gasteiger partial charge on any atom is -0.497 e. The first kappa shape index (κ1) is 21.9. The number of Topliss-reactive ketones (excluding diaryl/α,β-unsaturated/α-hetero) is 1. The van der Waals surface area contributed by atoms with Gasteiger partial charge in [-0.15, -0.1) is 0 Å². The first-order valence-corrected chi connectivity index (χ1v) is 11.4. The Morgan fingerprint density at radius 2 is 1.50 bits per heavy atom. The minimum absolute atomic E-state index is 0.00597. The predicted octanol–water partition coefficient (Wildman–Crippen LogP) is 5.02. The molecule has 1 aromatic heterocycles. The fraction of sp³-hybridized carbons (Fsp3) is 0.250. The number of carbonyl (C=O) groups is 2. The summed E-state index contributed by atoms with van der Waals surface area (Å²) in [5, 5.41) is 0. The van der Waals surface area contributed by atoms with E-state index in [1.165, 1.54) is 0 Å². The molecule has 6 heteroatoms. The Balaban J connectivity index is 1.67. The average Bonchev–Trinajstić information content (AvgIpc) is 2.88. The lowest BCUT2D eigenvalue weighted by Gasteiger charge is -2.40.